The van der Waals surface area contributed by atoms with Gasteiger partial charge in [-0.25, -0.2) is 4.68 Å². The SMILES string of the molecule is Cc1ccccc1NC(=O)c1cn(Cc2ccccc2)nn1. The van der Waals surface area contributed by atoms with E-state index in [0.29, 0.717) is 12.2 Å². The number of nitrogens with one attached hydrogen (secondary N) is 1. The standard InChI is InChI=1S/C17H16N4O/c1-13-7-5-6-10-15(13)18-17(22)16-12-21(20-19-16)11-14-8-3-2-4-9-14/h2-10,12H,11H2,1H3,(H,18,22). The third kappa shape index (κ3) is 3.20. The molecular weight excluding hydrogens is 276 g/mol. The smallest absolute Gasteiger partial charge is 0.277 e. The first-order valence-corrected chi connectivity index (χ1v) is 7.03. The topological polar surface area (TPSA) is 59.8 Å². The first-order chi connectivity index (χ1) is 10.7. The molecule has 0 saturated carbocycles. The van der Waals surface area contributed by atoms with Crippen LogP contribution >= 0.6 is 0 Å². The maximum absolute atomic E-state index is 12.2. The van der Waals surface area contributed by atoms with Crippen molar-refractivity contribution in [2.24, 2.45) is 0 Å². The number of rotatable bonds is 4. The van der Waals surface area contributed by atoms with Crippen LogP contribution in [0.25, 0.3) is 0 Å². The lowest BCUT2D eigenvalue weighted by molar-refractivity contribution is 0.102. The quantitative estimate of drug-likeness (QED) is 0.804. The van der Waals surface area contributed by atoms with Gasteiger partial charge in [0.1, 0.15) is 0 Å². The molecule has 0 saturated heterocycles. The van der Waals surface area contributed by atoms with Crippen LogP contribution in [0, 0.1) is 6.92 Å². The molecule has 0 aliphatic heterocycles. The number of carbonyl (C=O) groups excluding carboxylic acids is 1. The highest BCUT2D eigenvalue weighted by molar-refractivity contribution is 6.02. The molecule has 22 heavy (non-hydrogen) atoms. The Morgan fingerprint density at radius 1 is 1.09 bits per heavy atom. The molecule has 1 heterocycles. The molecule has 5 heteroatoms. The van der Waals surface area contributed by atoms with Gasteiger partial charge < -0.3 is 5.32 Å². The van der Waals surface area contributed by atoms with Gasteiger partial charge in [0, 0.05) is 5.69 Å². The van der Waals surface area contributed by atoms with Crippen LogP contribution in [0.1, 0.15) is 21.6 Å². The second kappa shape index (κ2) is 6.22. The molecule has 0 atom stereocenters. The van der Waals surface area contributed by atoms with E-state index in [4.69, 9.17) is 0 Å². The van der Waals surface area contributed by atoms with Crippen LogP contribution in [0.15, 0.2) is 60.8 Å². The third-order valence-electron chi connectivity index (χ3n) is 3.35. The summed E-state index contributed by atoms with van der Waals surface area (Å²) in [6.07, 6.45) is 1.65. The number of nitrogens with zero attached hydrogens (tertiary/aromatic N) is 3. The average molecular weight is 292 g/mol. The number of hydrogen-bond donors (Lipinski definition) is 1. The second-order valence-corrected chi connectivity index (χ2v) is 5.06. The summed E-state index contributed by atoms with van der Waals surface area (Å²) >= 11 is 0. The fourth-order valence-corrected chi connectivity index (χ4v) is 2.15. The van der Waals surface area contributed by atoms with Crippen molar-refractivity contribution in [2.45, 2.75) is 13.5 Å². The maximum atomic E-state index is 12.2. The van der Waals surface area contributed by atoms with Crippen molar-refractivity contribution in [1.29, 1.82) is 0 Å². The van der Waals surface area contributed by atoms with Gasteiger partial charge in [0.15, 0.2) is 5.69 Å². The summed E-state index contributed by atoms with van der Waals surface area (Å²) in [7, 11) is 0. The van der Waals surface area contributed by atoms with Crippen LogP contribution < -0.4 is 5.32 Å². The minimum atomic E-state index is -0.256. The molecule has 5 nitrogen and oxygen atoms in total. The normalized spacial score (nSPS) is 10.4. The van der Waals surface area contributed by atoms with Gasteiger partial charge >= 0.3 is 0 Å². The van der Waals surface area contributed by atoms with E-state index in [2.05, 4.69) is 15.6 Å². The molecular formula is C17H16N4O. The van der Waals surface area contributed by atoms with Crippen LogP contribution in [0.3, 0.4) is 0 Å². The minimum Gasteiger partial charge on any atom is -0.320 e. The van der Waals surface area contributed by atoms with Gasteiger partial charge in [0.05, 0.1) is 12.7 Å². The van der Waals surface area contributed by atoms with E-state index in [9.17, 15) is 4.79 Å². The van der Waals surface area contributed by atoms with Gasteiger partial charge in [-0.1, -0.05) is 53.7 Å². The number of aromatic nitrogens is 3. The average Bonchev–Trinajstić information content (AvgIpc) is 2.99. The summed E-state index contributed by atoms with van der Waals surface area (Å²) in [5.74, 6) is -0.256. The predicted molar refractivity (Wildman–Crippen MR) is 84.7 cm³/mol. The Bertz CT molecular complexity index is 780. The summed E-state index contributed by atoms with van der Waals surface area (Å²) in [6, 6.07) is 17.5. The summed E-state index contributed by atoms with van der Waals surface area (Å²) in [6.45, 7) is 2.54. The lowest BCUT2D eigenvalue weighted by Crippen LogP contribution is -2.13. The van der Waals surface area contributed by atoms with Crippen molar-refractivity contribution in [3.05, 3.63) is 77.6 Å². The van der Waals surface area contributed by atoms with Gasteiger partial charge in [-0.05, 0) is 24.1 Å². The Balaban J connectivity index is 1.71. The van der Waals surface area contributed by atoms with Crippen molar-refractivity contribution in [2.75, 3.05) is 5.32 Å². The summed E-state index contributed by atoms with van der Waals surface area (Å²) < 4.78 is 1.65. The van der Waals surface area contributed by atoms with Crippen LogP contribution in [-0.2, 0) is 6.54 Å². The highest BCUT2D eigenvalue weighted by atomic mass is 16.2. The van der Waals surface area contributed by atoms with Crippen LogP contribution in [0.4, 0.5) is 5.69 Å². The van der Waals surface area contributed by atoms with Crippen molar-refractivity contribution in [1.82, 2.24) is 15.0 Å². The predicted octanol–water partition coefficient (Wildman–Crippen LogP) is 2.89. The number of amides is 1. The van der Waals surface area contributed by atoms with Crippen LogP contribution in [-0.4, -0.2) is 20.9 Å². The molecule has 0 bridgehead atoms. The van der Waals surface area contributed by atoms with Crippen molar-refractivity contribution < 1.29 is 4.79 Å². The lowest BCUT2D eigenvalue weighted by Gasteiger charge is -2.05. The number of para-hydroxylation sites is 1. The highest BCUT2D eigenvalue weighted by Crippen LogP contribution is 2.14. The Labute approximate surface area is 128 Å². The van der Waals surface area contributed by atoms with E-state index in [1.807, 2.05) is 61.5 Å². The van der Waals surface area contributed by atoms with Gasteiger partial charge in [-0.2, -0.15) is 0 Å². The minimum absolute atomic E-state index is 0.256. The van der Waals surface area contributed by atoms with E-state index in [1.165, 1.54) is 0 Å². The molecule has 1 N–H and O–H groups in total. The van der Waals surface area contributed by atoms with Crippen LogP contribution in [0.5, 0.6) is 0 Å². The molecule has 0 aliphatic rings. The van der Waals surface area contributed by atoms with Crippen LogP contribution in [0.2, 0.25) is 0 Å². The second-order valence-electron chi connectivity index (χ2n) is 5.06. The number of hydrogen-bond acceptors (Lipinski definition) is 3. The molecule has 0 unspecified atom stereocenters. The highest BCUT2D eigenvalue weighted by Gasteiger charge is 2.12. The Morgan fingerprint density at radius 3 is 2.59 bits per heavy atom. The van der Waals surface area contributed by atoms with Crippen molar-refractivity contribution in [3.63, 3.8) is 0 Å². The fourth-order valence-electron chi connectivity index (χ4n) is 2.15. The van der Waals surface area contributed by atoms with Gasteiger partial charge in [0.2, 0.25) is 0 Å². The lowest BCUT2D eigenvalue weighted by atomic mass is 10.2. The number of anilines is 1. The van der Waals surface area contributed by atoms with Crippen molar-refractivity contribution >= 4 is 11.6 Å². The van der Waals surface area contributed by atoms with E-state index in [0.717, 1.165) is 16.8 Å². The Hall–Kier alpha value is -2.95. The molecule has 0 radical (unpaired) electrons. The first kappa shape index (κ1) is 14.0. The molecule has 2 aromatic carbocycles. The van der Waals surface area contributed by atoms with Gasteiger partial charge in [-0.15, -0.1) is 5.10 Å². The molecule has 3 rings (SSSR count). The zero-order valence-electron chi connectivity index (χ0n) is 12.2. The van der Waals surface area contributed by atoms with Gasteiger partial charge in [-0.3, -0.25) is 4.79 Å². The van der Waals surface area contributed by atoms with Gasteiger partial charge in [0.25, 0.3) is 5.91 Å². The maximum Gasteiger partial charge on any atom is 0.277 e. The summed E-state index contributed by atoms with van der Waals surface area (Å²) in [5, 5.41) is 10.8. The largest absolute Gasteiger partial charge is 0.320 e. The number of benzene rings is 2. The Morgan fingerprint density at radius 2 is 1.82 bits per heavy atom. The zero-order chi connectivity index (χ0) is 15.4. The first-order valence-electron chi connectivity index (χ1n) is 7.03. The molecule has 1 amide bonds. The molecule has 0 fully saturated rings. The molecule has 110 valence electrons. The summed E-state index contributed by atoms with van der Waals surface area (Å²) in [4.78, 5) is 12.2. The van der Waals surface area contributed by atoms with E-state index in [-0.39, 0.29) is 5.91 Å². The third-order valence-corrected chi connectivity index (χ3v) is 3.35. The Kier molecular flexibility index (Phi) is 3.96. The number of aryl methyl sites for hydroxylation is 1. The summed E-state index contributed by atoms with van der Waals surface area (Å²) in [5.41, 5.74) is 3.20. The van der Waals surface area contributed by atoms with E-state index in [1.54, 1.807) is 10.9 Å². The molecule has 3 aromatic rings. The molecule has 0 spiro atoms. The van der Waals surface area contributed by atoms with Crippen molar-refractivity contribution in [3.8, 4) is 0 Å². The molecule has 0 aliphatic carbocycles. The van der Waals surface area contributed by atoms with E-state index >= 15 is 0 Å². The zero-order valence-corrected chi connectivity index (χ0v) is 12.2. The molecule has 1 aromatic heterocycles. The monoisotopic (exact) mass is 292 g/mol. The number of carbonyl (C=O) groups is 1. The van der Waals surface area contributed by atoms with E-state index < -0.39 is 0 Å². The fraction of sp³-hybridized carbons (Fsp3) is 0.118.